The molecule has 0 aliphatic carbocycles. The van der Waals surface area contributed by atoms with Crippen molar-refractivity contribution >= 4 is 17.5 Å². The van der Waals surface area contributed by atoms with Gasteiger partial charge in [0.05, 0.1) is 13.2 Å². The lowest BCUT2D eigenvalue weighted by molar-refractivity contribution is -0.129. The van der Waals surface area contributed by atoms with Crippen LogP contribution in [0, 0.1) is 11.6 Å². The second kappa shape index (κ2) is 8.63. The number of benzene rings is 2. The normalized spacial score (nSPS) is 22.2. The van der Waals surface area contributed by atoms with Crippen LogP contribution in [0.5, 0.6) is 0 Å². The van der Waals surface area contributed by atoms with Crippen molar-refractivity contribution in [3.63, 3.8) is 0 Å². The van der Waals surface area contributed by atoms with E-state index < -0.39 is 24.0 Å². The van der Waals surface area contributed by atoms with Gasteiger partial charge in [0, 0.05) is 37.4 Å². The SMILES string of the molecule is O=CC1(CO)OCCN1c1cc(F)c(C2=CCN(Cc3ccccc3)CC2)c(F)c1. The number of ether oxygens (including phenoxy) is 1. The highest BCUT2D eigenvalue weighted by atomic mass is 19.1. The number of anilines is 1. The predicted molar refractivity (Wildman–Crippen MR) is 110 cm³/mol. The summed E-state index contributed by atoms with van der Waals surface area (Å²) in [4.78, 5) is 15.1. The monoisotopic (exact) mass is 414 g/mol. The molecule has 2 heterocycles. The number of rotatable bonds is 6. The predicted octanol–water partition coefficient (Wildman–Crippen LogP) is 2.98. The molecule has 1 fully saturated rings. The summed E-state index contributed by atoms with van der Waals surface area (Å²) in [6, 6.07) is 12.5. The van der Waals surface area contributed by atoms with E-state index >= 15 is 0 Å². The first-order valence-electron chi connectivity index (χ1n) is 10.00. The molecule has 30 heavy (non-hydrogen) atoms. The number of aliphatic hydroxyl groups is 1. The first-order valence-corrected chi connectivity index (χ1v) is 10.00. The number of halogens is 2. The van der Waals surface area contributed by atoms with Gasteiger partial charge in [0.25, 0.3) is 0 Å². The van der Waals surface area contributed by atoms with Crippen LogP contribution < -0.4 is 4.90 Å². The van der Waals surface area contributed by atoms with Crippen LogP contribution in [0.4, 0.5) is 14.5 Å². The van der Waals surface area contributed by atoms with Crippen molar-refractivity contribution in [2.24, 2.45) is 0 Å². The second-order valence-corrected chi connectivity index (χ2v) is 7.61. The molecule has 2 aromatic carbocycles. The fraction of sp³-hybridized carbons (Fsp3) is 0.348. The van der Waals surface area contributed by atoms with Gasteiger partial charge in [-0.15, -0.1) is 0 Å². The van der Waals surface area contributed by atoms with Crippen molar-refractivity contribution in [1.82, 2.24) is 4.90 Å². The maximum absolute atomic E-state index is 14.9. The fourth-order valence-corrected chi connectivity index (χ4v) is 4.14. The Hall–Kier alpha value is -2.61. The molecule has 2 aromatic rings. The molecule has 2 aliphatic heterocycles. The Morgan fingerprint density at radius 3 is 2.47 bits per heavy atom. The molecule has 0 radical (unpaired) electrons. The van der Waals surface area contributed by atoms with Gasteiger partial charge in [-0.05, 0) is 29.7 Å². The molecule has 7 heteroatoms. The first kappa shape index (κ1) is 20.7. The maximum atomic E-state index is 14.9. The molecule has 5 nitrogen and oxygen atoms in total. The number of aldehydes is 1. The van der Waals surface area contributed by atoms with Crippen molar-refractivity contribution in [2.75, 3.05) is 37.7 Å². The van der Waals surface area contributed by atoms with Crippen LogP contribution in [0.25, 0.3) is 5.57 Å². The molecule has 0 bridgehead atoms. The average Bonchev–Trinajstić information content (AvgIpc) is 3.20. The Balaban J connectivity index is 1.54. The van der Waals surface area contributed by atoms with Crippen molar-refractivity contribution in [2.45, 2.75) is 18.7 Å². The summed E-state index contributed by atoms with van der Waals surface area (Å²) < 4.78 is 35.2. The topological polar surface area (TPSA) is 53.0 Å². The summed E-state index contributed by atoms with van der Waals surface area (Å²) in [6.07, 6.45) is 2.88. The Morgan fingerprint density at radius 1 is 1.13 bits per heavy atom. The first-order chi connectivity index (χ1) is 14.6. The minimum absolute atomic E-state index is 0.0288. The zero-order chi connectivity index (χ0) is 21.1. The van der Waals surface area contributed by atoms with E-state index in [-0.39, 0.29) is 24.4 Å². The average molecular weight is 414 g/mol. The van der Waals surface area contributed by atoms with E-state index in [0.717, 1.165) is 6.54 Å². The molecule has 2 aliphatic rings. The lowest BCUT2D eigenvalue weighted by Gasteiger charge is -2.32. The Morgan fingerprint density at radius 2 is 1.87 bits per heavy atom. The van der Waals surface area contributed by atoms with Crippen LogP contribution in [0.15, 0.2) is 48.5 Å². The molecule has 4 rings (SSSR count). The highest BCUT2D eigenvalue weighted by Gasteiger charge is 2.42. The van der Waals surface area contributed by atoms with Crippen LogP contribution >= 0.6 is 0 Å². The summed E-state index contributed by atoms with van der Waals surface area (Å²) in [5.74, 6) is -1.37. The lowest BCUT2D eigenvalue weighted by Crippen LogP contribution is -2.50. The smallest absolute Gasteiger partial charge is 0.221 e. The summed E-state index contributed by atoms with van der Waals surface area (Å²) in [6.45, 7) is 1.97. The van der Waals surface area contributed by atoms with Crippen molar-refractivity contribution < 1.29 is 23.4 Å². The second-order valence-electron chi connectivity index (χ2n) is 7.61. The van der Waals surface area contributed by atoms with Gasteiger partial charge in [-0.2, -0.15) is 0 Å². The third kappa shape index (κ3) is 3.88. The number of nitrogens with zero attached hydrogens (tertiary/aromatic N) is 2. The highest BCUT2D eigenvalue weighted by Crippen LogP contribution is 2.34. The van der Waals surface area contributed by atoms with Crippen LogP contribution in [0.3, 0.4) is 0 Å². The van der Waals surface area contributed by atoms with Gasteiger partial charge >= 0.3 is 0 Å². The van der Waals surface area contributed by atoms with E-state index in [0.29, 0.717) is 31.4 Å². The minimum Gasteiger partial charge on any atom is -0.391 e. The van der Waals surface area contributed by atoms with Crippen molar-refractivity contribution in [3.8, 4) is 0 Å². The lowest BCUT2D eigenvalue weighted by atomic mass is 9.97. The van der Waals surface area contributed by atoms with Crippen LogP contribution in [-0.4, -0.2) is 54.9 Å². The van der Waals surface area contributed by atoms with Crippen LogP contribution in [0.1, 0.15) is 17.5 Å². The zero-order valence-corrected chi connectivity index (χ0v) is 16.6. The quantitative estimate of drug-likeness (QED) is 0.737. The van der Waals surface area contributed by atoms with E-state index in [4.69, 9.17) is 4.74 Å². The minimum atomic E-state index is -1.59. The molecule has 0 saturated carbocycles. The fourth-order valence-electron chi connectivity index (χ4n) is 4.14. The van der Waals surface area contributed by atoms with Crippen molar-refractivity contribution in [1.29, 1.82) is 0 Å². The van der Waals surface area contributed by atoms with E-state index in [9.17, 15) is 18.7 Å². The number of carbonyl (C=O) groups excluding carboxylic acids is 1. The number of carbonyl (C=O) groups is 1. The third-order valence-electron chi connectivity index (χ3n) is 5.74. The van der Waals surface area contributed by atoms with Gasteiger partial charge in [0.15, 0.2) is 6.29 Å². The van der Waals surface area contributed by atoms with Gasteiger partial charge in [-0.3, -0.25) is 9.69 Å². The van der Waals surface area contributed by atoms with Crippen molar-refractivity contribution in [3.05, 3.63) is 71.3 Å². The standard InChI is InChI=1S/C23H24F2N2O3/c24-20-12-19(27-10-11-30-23(27,15-28)16-29)13-21(25)22(20)18-6-8-26(9-7-18)14-17-4-2-1-3-5-17/h1-6,12-13,15,29H,7-11,14,16H2. The molecule has 1 saturated heterocycles. The molecule has 158 valence electrons. The van der Waals surface area contributed by atoms with E-state index in [1.165, 1.54) is 22.6 Å². The number of hydrogen-bond donors (Lipinski definition) is 1. The molecular formula is C23H24F2N2O3. The Labute approximate surface area is 174 Å². The maximum Gasteiger partial charge on any atom is 0.221 e. The zero-order valence-electron chi connectivity index (χ0n) is 16.6. The van der Waals surface area contributed by atoms with E-state index in [1.54, 1.807) is 0 Å². The largest absolute Gasteiger partial charge is 0.391 e. The molecule has 1 N–H and O–H groups in total. The van der Waals surface area contributed by atoms with Gasteiger partial charge < -0.3 is 14.7 Å². The number of hydrogen-bond acceptors (Lipinski definition) is 5. The number of aliphatic hydroxyl groups excluding tert-OH is 1. The van der Waals surface area contributed by atoms with Crippen LogP contribution in [-0.2, 0) is 16.1 Å². The summed E-state index contributed by atoms with van der Waals surface area (Å²) in [5, 5.41) is 9.58. The molecule has 1 unspecified atom stereocenters. The molecule has 0 aromatic heterocycles. The van der Waals surface area contributed by atoms with E-state index in [2.05, 4.69) is 17.0 Å². The Bertz CT molecular complexity index is 928. The Kier molecular flexibility index (Phi) is 5.94. The van der Waals surface area contributed by atoms with Gasteiger partial charge in [-0.1, -0.05) is 36.4 Å². The van der Waals surface area contributed by atoms with Crippen LogP contribution in [0.2, 0.25) is 0 Å². The van der Waals surface area contributed by atoms with E-state index in [1.807, 2.05) is 24.3 Å². The molecular weight excluding hydrogens is 390 g/mol. The summed E-state index contributed by atoms with van der Waals surface area (Å²) >= 11 is 0. The highest BCUT2D eigenvalue weighted by molar-refractivity contribution is 5.74. The molecule has 0 amide bonds. The van der Waals surface area contributed by atoms with Gasteiger partial charge in [-0.25, -0.2) is 8.78 Å². The summed E-state index contributed by atoms with van der Waals surface area (Å²) in [7, 11) is 0. The summed E-state index contributed by atoms with van der Waals surface area (Å²) in [5.41, 5.74) is 0.393. The van der Waals surface area contributed by atoms with Gasteiger partial charge in [0.2, 0.25) is 5.72 Å². The molecule has 1 atom stereocenters. The van der Waals surface area contributed by atoms with Gasteiger partial charge in [0.1, 0.15) is 11.6 Å². The molecule has 0 spiro atoms. The third-order valence-corrected chi connectivity index (χ3v) is 5.74.